The minimum absolute atomic E-state index is 0.0522. The normalized spacial score (nSPS) is 14.5. The maximum atomic E-state index is 12.9. The van der Waals surface area contributed by atoms with Gasteiger partial charge >= 0.3 is 0 Å². The van der Waals surface area contributed by atoms with Crippen LogP contribution in [0.5, 0.6) is 5.75 Å². The third-order valence-corrected chi connectivity index (χ3v) is 6.67. The van der Waals surface area contributed by atoms with Crippen molar-refractivity contribution in [1.82, 2.24) is 24.9 Å². The molecule has 1 heterocycles. The summed E-state index contributed by atoms with van der Waals surface area (Å²) >= 11 is 0. The zero-order valence-corrected chi connectivity index (χ0v) is 17.7. The van der Waals surface area contributed by atoms with Crippen LogP contribution in [-0.2, 0) is 10.0 Å². The summed E-state index contributed by atoms with van der Waals surface area (Å²) in [6.07, 6.45) is 5.08. The van der Waals surface area contributed by atoms with Crippen molar-refractivity contribution < 1.29 is 17.9 Å². The highest BCUT2D eigenvalue weighted by Crippen LogP contribution is 2.27. The maximum absolute atomic E-state index is 12.9. The molecular formula is C20H22N6O4S. The molecule has 0 saturated heterocycles. The summed E-state index contributed by atoms with van der Waals surface area (Å²) in [6, 6.07) is 11.2. The molecule has 2 aromatic carbocycles. The van der Waals surface area contributed by atoms with Crippen molar-refractivity contribution >= 4 is 21.6 Å². The molecular weight excluding hydrogens is 420 g/mol. The van der Waals surface area contributed by atoms with E-state index in [0.717, 1.165) is 31.4 Å². The number of carbonyl (C=O) groups excluding carboxylic acids is 1. The molecule has 2 N–H and O–H groups in total. The number of tetrazole rings is 1. The minimum atomic E-state index is -3.82. The molecule has 0 spiro atoms. The molecule has 0 unspecified atom stereocenters. The van der Waals surface area contributed by atoms with Crippen LogP contribution in [-0.4, -0.2) is 47.7 Å². The van der Waals surface area contributed by atoms with Gasteiger partial charge in [0.15, 0.2) is 0 Å². The third-order valence-electron chi connectivity index (χ3n) is 5.13. The van der Waals surface area contributed by atoms with Crippen LogP contribution < -0.4 is 14.8 Å². The van der Waals surface area contributed by atoms with Crippen molar-refractivity contribution in [2.24, 2.45) is 0 Å². The predicted octanol–water partition coefficient (Wildman–Crippen LogP) is 2.14. The Morgan fingerprint density at radius 2 is 1.87 bits per heavy atom. The van der Waals surface area contributed by atoms with Gasteiger partial charge in [-0.2, -0.15) is 0 Å². The Bertz CT molecular complexity index is 1160. The molecule has 1 amide bonds. The summed E-state index contributed by atoms with van der Waals surface area (Å²) in [6.45, 7) is 0. The van der Waals surface area contributed by atoms with Gasteiger partial charge in [-0.05, 0) is 65.7 Å². The summed E-state index contributed by atoms with van der Waals surface area (Å²) in [7, 11) is -2.42. The highest BCUT2D eigenvalue weighted by molar-refractivity contribution is 7.89. The summed E-state index contributed by atoms with van der Waals surface area (Å²) in [5.41, 5.74) is 1.49. The Hall–Kier alpha value is -3.31. The minimum Gasteiger partial charge on any atom is -0.495 e. The molecule has 1 aromatic heterocycles. The molecule has 0 aliphatic heterocycles. The first-order chi connectivity index (χ1) is 15.0. The summed E-state index contributed by atoms with van der Waals surface area (Å²) < 4.78 is 35.3. The zero-order chi connectivity index (χ0) is 21.8. The molecule has 31 heavy (non-hydrogen) atoms. The van der Waals surface area contributed by atoms with Crippen LogP contribution in [0.3, 0.4) is 0 Å². The first-order valence-electron chi connectivity index (χ1n) is 9.81. The average molecular weight is 443 g/mol. The van der Waals surface area contributed by atoms with E-state index in [0.29, 0.717) is 5.69 Å². The van der Waals surface area contributed by atoms with E-state index >= 15 is 0 Å². The first-order valence-corrected chi connectivity index (χ1v) is 11.3. The number of hydrogen-bond donors (Lipinski definition) is 2. The van der Waals surface area contributed by atoms with Crippen molar-refractivity contribution in [3.05, 3.63) is 54.4 Å². The first kappa shape index (κ1) is 20.9. The van der Waals surface area contributed by atoms with Gasteiger partial charge in [-0.3, -0.25) is 4.79 Å². The molecule has 1 saturated carbocycles. The number of ether oxygens (including phenoxy) is 1. The van der Waals surface area contributed by atoms with Crippen LogP contribution in [0.4, 0.5) is 5.69 Å². The fourth-order valence-electron chi connectivity index (χ4n) is 3.53. The molecule has 1 aliphatic rings. The Morgan fingerprint density at radius 3 is 2.52 bits per heavy atom. The lowest BCUT2D eigenvalue weighted by Gasteiger charge is -2.16. The number of rotatable bonds is 7. The van der Waals surface area contributed by atoms with E-state index in [1.807, 2.05) is 0 Å². The molecule has 1 fully saturated rings. The van der Waals surface area contributed by atoms with Crippen LogP contribution in [0.2, 0.25) is 0 Å². The topological polar surface area (TPSA) is 128 Å². The fourth-order valence-corrected chi connectivity index (χ4v) is 5.03. The van der Waals surface area contributed by atoms with Gasteiger partial charge in [0.2, 0.25) is 10.0 Å². The monoisotopic (exact) mass is 442 g/mol. The number of aromatic nitrogens is 4. The van der Waals surface area contributed by atoms with Crippen molar-refractivity contribution in [2.45, 2.75) is 36.6 Å². The lowest BCUT2D eigenvalue weighted by Crippen LogP contribution is -2.33. The molecule has 0 bridgehead atoms. The van der Waals surface area contributed by atoms with Crippen LogP contribution in [0, 0.1) is 0 Å². The number of nitrogens with zero attached hydrogens (tertiary/aromatic N) is 4. The zero-order valence-electron chi connectivity index (χ0n) is 16.9. The molecule has 3 aromatic rings. The highest BCUT2D eigenvalue weighted by atomic mass is 32.2. The Morgan fingerprint density at radius 1 is 1.13 bits per heavy atom. The molecule has 10 nitrogen and oxygen atoms in total. The largest absolute Gasteiger partial charge is 0.495 e. The number of sulfonamides is 1. The van der Waals surface area contributed by atoms with Crippen LogP contribution in [0.1, 0.15) is 36.0 Å². The lowest BCUT2D eigenvalue weighted by atomic mass is 10.2. The highest BCUT2D eigenvalue weighted by Gasteiger charge is 2.26. The van der Waals surface area contributed by atoms with Gasteiger partial charge in [-0.1, -0.05) is 12.8 Å². The second kappa shape index (κ2) is 8.82. The van der Waals surface area contributed by atoms with Gasteiger partial charge < -0.3 is 10.1 Å². The summed E-state index contributed by atoms with van der Waals surface area (Å²) in [4.78, 5) is 12.7. The quantitative estimate of drug-likeness (QED) is 0.574. The summed E-state index contributed by atoms with van der Waals surface area (Å²) in [5, 5.41) is 13.7. The van der Waals surface area contributed by atoms with E-state index in [1.54, 1.807) is 24.3 Å². The van der Waals surface area contributed by atoms with Crippen LogP contribution in [0.25, 0.3) is 5.69 Å². The van der Waals surface area contributed by atoms with E-state index < -0.39 is 15.9 Å². The van der Waals surface area contributed by atoms with Gasteiger partial charge in [0.05, 0.1) is 12.8 Å². The number of nitrogens with one attached hydrogen (secondary N) is 2. The smallest absolute Gasteiger partial charge is 0.255 e. The van der Waals surface area contributed by atoms with Crippen LogP contribution in [0.15, 0.2) is 53.7 Å². The maximum Gasteiger partial charge on any atom is 0.255 e. The van der Waals surface area contributed by atoms with E-state index in [1.165, 1.54) is 36.3 Å². The Balaban J connectivity index is 1.53. The Labute approximate surface area is 179 Å². The van der Waals surface area contributed by atoms with Crippen LogP contribution >= 0.6 is 0 Å². The third kappa shape index (κ3) is 4.72. The second-order valence-corrected chi connectivity index (χ2v) is 8.91. The van der Waals surface area contributed by atoms with Gasteiger partial charge in [0.1, 0.15) is 17.0 Å². The number of benzene rings is 2. The van der Waals surface area contributed by atoms with Crippen molar-refractivity contribution in [3.63, 3.8) is 0 Å². The van der Waals surface area contributed by atoms with Crippen molar-refractivity contribution in [2.75, 3.05) is 12.4 Å². The number of methoxy groups -OCH3 is 1. The van der Waals surface area contributed by atoms with E-state index in [-0.39, 0.29) is 22.3 Å². The number of hydrogen-bond acceptors (Lipinski definition) is 7. The lowest BCUT2D eigenvalue weighted by molar-refractivity contribution is 0.102. The van der Waals surface area contributed by atoms with Gasteiger partial charge in [0, 0.05) is 17.3 Å². The number of anilines is 1. The fraction of sp³-hybridized carbons (Fsp3) is 0.300. The molecule has 162 valence electrons. The van der Waals surface area contributed by atoms with Gasteiger partial charge in [0.25, 0.3) is 5.91 Å². The Kier molecular flexibility index (Phi) is 5.96. The van der Waals surface area contributed by atoms with E-state index in [9.17, 15) is 13.2 Å². The molecule has 0 radical (unpaired) electrons. The van der Waals surface area contributed by atoms with Crippen molar-refractivity contribution in [3.8, 4) is 11.4 Å². The standard InChI is InChI=1S/C20H22N6O4S/c1-30-18-11-6-14(12-19(18)31(28,29)23-16-4-2-3-5-16)20(27)22-15-7-9-17(10-8-15)26-13-21-24-25-26/h6-13,16,23H,2-5H2,1H3,(H,22,27). The molecule has 4 rings (SSSR count). The molecule has 11 heteroatoms. The van der Waals surface area contributed by atoms with E-state index in [2.05, 4.69) is 25.6 Å². The van der Waals surface area contributed by atoms with Gasteiger partial charge in [-0.15, -0.1) is 5.10 Å². The van der Waals surface area contributed by atoms with Crippen molar-refractivity contribution in [1.29, 1.82) is 0 Å². The second-order valence-electron chi connectivity index (χ2n) is 7.22. The summed E-state index contributed by atoms with van der Waals surface area (Å²) in [5.74, 6) is -0.247. The number of amides is 1. The SMILES string of the molecule is COc1ccc(C(=O)Nc2ccc(-n3cnnn3)cc2)cc1S(=O)(=O)NC1CCCC1. The number of carbonyl (C=O) groups is 1. The molecule has 1 aliphatic carbocycles. The van der Waals surface area contributed by atoms with Gasteiger partial charge in [-0.25, -0.2) is 17.8 Å². The van der Waals surface area contributed by atoms with E-state index in [4.69, 9.17) is 4.74 Å². The molecule has 0 atom stereocenters. The average Bonchev–Trinajstić information content (AvgIpc) is 3.48. The predicted molar refractivity (Wildman–Crippen MR) is 113 cm³/mol.